The van der Waals surface area contributed by atoms with E-state index in [2.05, 4.69) is 55.0 Å². The number of aromatic nitrogens is 6. The Morgan fingerprint density at radius 3 is 2.92 bits per heavy atom. The smallest absolute Gasteiger partial charge is 0.160 e. The number of halogens is 1. The number of pyridine rings is 2. The van der Waals surface area contributed by atoms with Crippen molar-refractivity contribution in [3.63, 3.8) is 0 Å². The summed E-state index contributed by atoms with van der Waals surface area (Å²) in [6.45, 7) is 7.77. The van der Waals surface area contributed by atoms with Crippen molar-refractivity contribution in [1.29, 1.82) is 0 Å². The molecule has 5 rings (SSSR count). The molecule has 0 amide bonds. The zero-order valence-corrected chi connectivity index (χ0v) is 20.0. The van der Waals surface area contributed by atoms with Crippen molar-refractivity contribution < 1.29 is 4.39 Å². The van der Waals surface area contributed by atoms with Crippen LogP contribution >= 0.6 is 0 Å². The summed E-state index contributed by atoms with van der Waals surface area (Å²) in [5.74, 6) is 0.211. The van der Waals surface area contributed by atoms with Crippen molar-refractivity contribution in [1.82, 2.24) is 35.5 Å². The largest absolute Gasteiger partial charge is 0.321 e. The van der Waals surface area contributed by atoms with Crippen molar-refractivity contribution in [3.05, 3.63) is 82.5 Å². The Morgan fingerprint density at radius 2 is 2.11 bits per heavy atom. The fourth-order valence-electron chi connectivity index (χ4n) is 4.04. The molecule has 5 aromatic rings. The molecule has 0 spiro atoms. The van der Waals surface area contributed by atoms with Gasteiger partial charge in [-0.05, 0) is 48.0 Å². The highest BCUT2D eigenvalue weighted by Crippen LogP contribution is 2.27. The third kappa shape index (κ3) is 4.56. The SMILES string of the molecule is C=c1[nH]nc(-c2nc3c(-c4cccc(F)c4)ccnc3[nH]2)/c1=C/C(=N\C)c1cncc(CNCC)c1. The lowest BCUT2D eigenvalue weighted by Crippen LogP contribution is -2.24. The molecule has 3 N–H and O–H groups in total. The summed E-state index contributed by atoms with van der Waals surface area (Å²) in [5, 5.41) is 12.1. The van der Waals surface area contributed by atoms with Crippen molar-refractivity contribution in [2.24, 2.45) is 4.99 Å². The minimum Gasteiger partial charge on any atom is -0.321 e. The number of hydrogen-bond donors (Lipinski definition) is 3. The Labute approximate surface area is 206 Å². The Morgan fingerprint density at radius 1 is 1.22 bits per heavy atom. The first kappa shape index (κ1) is 23.3. The zero-order valence-electron chi connectivity index (χ0n) is 20.0. The number of aliphatic imine (C=N–C) groups is 1. The molecule has 9 heteroatoms. The Bertz CT molecular complexity index is 1680. The van der Waals surface area contributed by atoms with Crippen molar-refractivity contribution >= 4 is 29.5 Å². The second-order valence-corrected chi connectivity index (χ2v) is 8.23. The van der Waals surface area contributed by atoms with E-state index in [4.69, 9.17) is 4.98 Å². The maximum absolute atomic E-state index is 13.9. The molecule has 4 aromatic heterocycles. The number of nitrogens with one attached hydrogen (secondary N) is 3. The molecule has 0 aliphatic heterocycles. The maximum atomic E-state index is 13.9. The van der Waals surface area contributed by atoms with E-state index in [0.29, 0.717) is 28.0 Å². The van der Waals surface area contributed by atoms with E-state index < -0.39 is 0 Å². The van der Waals surface area contributed by atoms with Gasteiger partial charge in [-0.2, -0.15) is 5.10 Å². The number of rotatable bonds is 7. The third-order valence-electron chi connectivity index (χ3n) is 5.82. The van der Waals surface area contributed by atoms with Crippen LogP contribution < -0.4 is 15.9 Å². The van der Waals surface area contributed by atoms with Crippen LogP contribution in [0.3, 0.4) is 0 Å². The summed E-state index contributed by atoms with van der Waals surface area (Å²) < 4.78 is 13.9. The molecular weight excluding hydrogens is 455 g/mol. The van der Waals surface area contributed by atoms with Crippen LogP contribution in [0.1, 0.15) is 18.1 Å². The lowest BCUT2D eigenvalue weighted by atomic mass is 10.1. The molecule has 0 radical (unpaired) electrons. The van der Waals surface area contributed by atoms with Crippen LogP contribution in [0.5, 0.6) is 0 Å². The van der Waals surface area contributed by atoms with E-state index in [-0.39, 0.29) is 5.82 Å². The van der Waals surface area contributed by atoms with Crippen LogP contribution in [0.15, 0.2) is 60.0 Å². The van der Waals surface area contributed by atoms with Gasteiger partial charge in [0.2, 0.25) is 0 Å². The van der Waals surface area contributed by atoms with E-state index in [1.165, 1.54) is 12.1 Å². The molecule has 8 nitrogen and oxygen atoms in total. The molecule has 0 fully saturated rings. The second kappa shape index (κ2) is 10.0. The van der Waals surface area contributed by atoms with Gasteiger partial charge in [0.05, 0.1) is 11.1 Å². The first-order valence-electron chi connectivity index (χ1n) is 11.5. The molecule has 4 heterocycles. The maximum Gasteiger partial charge on any atom is 0.160 e. The van der Waals surface area contributed by atoms with Gasteiger partial charge in [-0.25, -0.2) is 14.4 Å². The van der Waals surface area contributed by atoms with E-state index in [1.54, 1.807) is 25.5 Å². The van der Waals surface area contributed by atoms with Crippen LogP contribution in [-0.4, -0.2) is 49.4 Å². The Hall–Kier alpha value is -4.50. The van der Waals surface area contributed by atoms with E-state index in [0.717, 1.165) is 46.3 Å². The highest BCUT2D eigenvalue weighted by molar-refractivity contribution is 6.21. The number of hydrogen-bond acceptors (Lipinski definition) is 6. The molecule has 0 atom stereocenters. The quantitative estimate of drug-likeness (QED) is 0.311. The highest BCUT2D eigenvalue weighted by Gasteiger charge is 2.15. The summed E-state index contributed by atoms with van der Waals surface area (Å²) in [6.07, 6.45) is 7.22. The van der Waals surface area contributed by atoms with Crippen LogP contribution in [0.2, 0.25) is 0 Å². The van der Waals surface area contributed by atoms with Gasteiger partial charge in [-0.3, -0.25) is 15.1 Å². The fraction of sp³-hybridized carbons (Fsp3) is 0.148. The number of imidazole rings is 1. The number of benzene rings is 1. The summed E-state index contributed by atoms with van der Waals surface area (Å²) >= 11 is 0. The molecule has 0 aliphatic rings. The van der Waals surface area contributed by atoms with Crippen LogP contribution in [-0.2, 0) is 6.54 Å². The zero-order chi connectivity index (χ0) is 25.1. The fourth-order valence-corrected chi connectivity index (χ4v) is 4.04. The monoisotopic (exact) mass is 480 g/mol. The predicted molar refractivity (Wildman–Crippen MR) is 140 cm³/mol. The van der Waals surface area contributed by atoms with Gasteiger partial charge < -0.3 is 10.3 Å². The van der Waals surface area contributed by atoms with Gasteiger partial charge in [0, 0.05) is 48.5 Å². The minimum absolute atomic E-state index is 0.311. The molecule has 0 aliphatic carbocycles. The average Bonchev–Trinajstić information content (AvgIpc) is 3.49. The topological polar surface area (TPSA) is 108 Å². The standard InChI is InChI=1S/C27H25FN8/c1-4-30-13-17-10-19(15-31-14-17)23(29-3)12-22-16(2)35-36-25(22)27-33-24-21(8-9-32-26(24)34-27)18-6-5-7-20(28)11-18/h5-12,14-15,30,35H,2,4,13H2,1,3H3,(H,32,33,34)/b22-12+,29-23+. The summed E-state index contributed by atoms with van der Waals surface area (Å²) in [5.41, 5.74) is 5.98. The molecule has 0 bridgehead atoms. The second-order valence-electron chi connectivity index (χ2n) is 8.23. The molecular formula is C27H25FN8. The van der Waals surface area contributed by atoms with Gasteiger partial charge >= 0.3 is 0 Å². The third-order valence-corrected chi connectivity index (χ3v) is 5.82. The first-order chi connectivity index (χ1) is 17.6. The number of nitrogens with zero attached hydrogens (tertiary/aromatic N) is 5. The Kier molecular flexibility index (Phi) is 6.46. The van der Waals surface area contributed by atoms with Crippen molar-refractivity contribution in [2.45, 2.75) is 13.5 Å². The molecule has 1 aromatic carbocycles. The van der Waals surface area contributed by atoms with Gasteiger partial charge in [0.15, 0.2) is 11.5 Å². The lowest BCUT2D eigenvalue weighted by Gasteiger charge is -2.05. The molecule has 180 valence electrons. The summed E-state index contributed by atoms with van der Waals surface area (Å²) in [4.78, 5) is 21.3. The van der Waals surface area contributed by atoms with Gasteiger partial charge in [0.1, 0.15) is 17.0 Å². The van der Waals surface area contributed by atoms with E-state index in [9.17, 15) is 4.39 Å². The van der Waals surface area contributed by atoms with Gasteiger partial charge in [-0.1, -0.05) is 25.6 Å². The number of fused-ring (bicyclic) bond motifs is 1. The predicted octanol–water partition coefficient (Wildman–Crippen LogP) is 2.97. The normalized spacial score (nSPS) is 12.5. The van der Waals surface area contributed by atoms with Gasteiger partial charge in [0.25, 0.3) is 0 Å². The van der Waals surface area contributed by atoms with E-state index >= 15 is 0 Å². The number of aromatic amines is 2. The van der Waals surface area contributed by atoms with E-state index in [1.807, 2.05) is 24.4 Å². The average molecular weight is 481 g/mol. The van der Waals surface area contributed by atoms with Crippen LogP contribution in [0.25, 0.3) is 46.5 Å². The lowest BCUT2D eigenvalue weighted by molar-refractivity contribution is 0.628. The summed E-state index contributed by atoms with van der Waals surface area (Å²) in [7, 11) is 1.74. The first-order valence-corrected chi connectivity index (χ1v) is 11.5. The Balaban J connectivity index is 1.59. The number of H-pyrrole nitrogens is 2. The molecule has 0 saturated heterocycles. The van der Waals surface area contributed by atoms with Crippen molar-refractivity contribution in [3.8, 4) is 22.6 Å². The van der Waals surface area contributed by atoms with Crippen LogP contribution in [0, 0.1) is 5.82 Å². The minimum atomic E-state index is -0.311. The van der Waals surface area contributed by atoms with Crippen molar-refractivity contribution in [2.75, 3.05) is 13.6 Å². The van der Waals surface area contributed by atoms with Gasteiger partial charge in [-0.15, -0.1) is 0 Å². The van der Waals surface area contributed by atoms with Crippen LogP contribution in [0.4, 0.5) is 4.39 Å². The summed E-state index contributed by atoms with van der Waals surface area (Å²) in [6, 6.07) is 10.3. The molecule has 0 unspecified atom stereocenters. The molecule has 0 saturated carbocycles. The molecule has 36 heavy (non-hydrogen) atoms. The highest BCUT2D eigenvalue weighted by atomic mass is 19.1.